The van der Waals surface area contributed by atoms with Gasteiger partial charge < -0.3 is 4.90 Å². The molecule has 3 rings (SSSR count). The summed E-state index contributed by atoms with van der Waals surface area (Å²) in [6.45, 7) is 0.569. The zero-order valence-corrected chi connectivity index (χ0v) is 8.84. The Morgan fingerprint density at radius 3 is 2.44 bits per heavy atom. The number of hydrogen-bond donors (Lipinski definition) is 0. The van der Waals surface area contributed by atoms with E-state index in [1.165, 1.54) is 12.1 Å². The highest BCUT2D eigenvalue weighted by molar-refractivity contribution is 5.88. The molecule has 2 atom stereocenters. The number of benzene rings is 1. The minimum atomic E-state index is -0.572. The SMILES string of the molecule is CN1C[C@@]2(c3cc(F)cc(F)c3)C[C@H]2C1=O. The van der Waals surface area contributed by atoms with Gasteiger partial charge in [0.2, 0.25) is 5.91 Å². The van der Waals surface area contributed by atoms with E-state index in [0.29, 0.717) is 12.1 Å². The second-order valence-corrected chi connectivity index (χ2v) is 4.77. The number of likely N-dealkylation sites (tertiary alicyclic amines) is 1. The predicted molar refractivity (Wildman–Crippen MR) is 53.8 cm³/mol. The molecular formula is C12H11F2NO. The molecule has 0 aromatic heterocycles. The molecule has 2 fully saturated rings. The van der Waals surface area contributed by atoms with Crippen LogP contribution in [-0.2, 0) is 10.2 Å². The van der Waals surface area contributed by atoms with Crippen molar-refractivity contribution in [1.29, 1.82) is 0 Å². The summed E-state index contributed by atoms with van der Waals surface area (Å²) in [5.41, 5.74) is 0.294. The third kappa shape index (κ3) is 1.13. The fourth-order valence-corrected chi connectivity index (χ4v) is 2.82. The van der Waals surface area contributed by atoms with E-state index in [0.717, 1.165) is 12.5 Å². The van der Waals surface area contributed by atoms with Crippen LogP contribution in [0, 0.1) is 17.6 Å². The van der Waals surface area contributed by atoms with Gasteiger partial charge in [0.05, 0.1) is 5.92 Å². The molecule has 1 amide bonds. The normalized spacial score (nSPS) is 31.8. The van der Waals surface area contributed by atoms with Crippen LogP contribution in [-0.4, -0.2) is 24.4 Å². The molecule has 0 N–H and O–H groups in total. The van der Waals surface area contributed by atoms with E-state index in [2.05, 4.69) is 0 Å². The number of halogens is 2. The fraction of sp³-hybridized carbons (Fsp3) is 0.417. The van der Waals surface area contributed by atoms with Gasteiger partial charge in [0.15, 0.2) is 0 Å². The molecule has 1 saturated carbocycles. The van der Waals surface area contributed by atoms with Gasteiger partial charge in [-0.2, -0.15) is 0 Å². The molecule has 1 saturated heterocycles. The van der Waals surface area contributed by atoms with Crippen molar-refractivity contribution >= 4 is 5.91 Å². The predicted octanol–water partition coefficient (Wildman–Crippen LogP) is 1.69. The highest BCUT2D eigenvalue weighted by atomic mass is 19.1. The average Bonchev–Trinajstić information content (AvgIpc) is 2.85. The van der Waals surface area contributed by atoms with Gasteiger partial charge in [-0.25, -0.2) is 8.78 Å². The Balaban J connectivity index is 2.03. The van der Waals surface area contributed by atoms with Crippen molar-refractivity contribution < 1.29 is 13.6 Å². The van der Waals surface area contributed by atoms with Gasteiger partial charge in [0.25, 0.3) is 0 Å². The van der Waals surface area contributed by atoms with Gasteiger partial charge in [-0.05, 0) is 24.1 Å². The number of likely N-dealkylation sites (N-methyl/N-ethyl adjacent to an activating group) is 1. The van der Waals surface area contributed by atoms with E-state index < -0.39 is 11.6 Å². The Kier molecular flexibility index (Phi) is 1.71. The third-order valence-corrected chi connectivity index (χ3v) is 3.71. The zero-order chi connectivity index (χ0) is 11.5. The van der Waals surface area contributed by atoms with Crippen molar-refractivity contribution in [3.63, 3.8) is 0 Å². The summed E-state index contributed by atoms with van der Waals surface area (Å²) in [6, 6.07) is 3.54. The standard InChI is InChI=1S/C12H11F2NO/c1-15-6-12(5-10(12)11(15)16)7-2-8(13)4-9(14)3-7/h2-4,10H,5-6H2,1H3/t10-,12+/m0/s1. The van der Waals surface area contributed by atoms with Crippen LogP contribution < -0.4 is 0 Å². The molecule has 0 radical (unpaired) electrons. The Morgan fingerprint density at radius 1 is 1.31 bits per heavy atom. The van der Waals surface area contributed by atoms with Crippen LogP contribution in [0.3, 0.4) is 0 Å². The van der Waals surface area contributed by atoms with Crippen molar-refractivity contribution in [2.24, 2.45) is 5.92 Å². The monoisotopic (exact) mass is 223 g/mol. The first-order valence-electron chi connectivity index (χ1n) is 5.24. The molecule has 1 aliphatic heterocycles. The average molecular weight is 223 g/mol. The van der Waals surface area contributed by atoms with Gasteiger partial charge in [-0.3, -0.25) is 4.79 Å². The van der Waals surface area contributed by atoms with E-state index in [9.17, 15) is 13.6 Å². The lowest BCUT2D eigenvalue weighted by Crippen LogP contribution is -2.25. The van der Waals surface area contributed by atoms with Crippen LogP contribution >= 0.6 is 0 Å². The molecule has 4 heteroatoms. The molecule has 1 aromatic rings. The summed E-state index contributed by atoms with van der Waals surface area (Å²) >= 11 is 0. The summed E-state index contributed by atoms with van der Waals surface area (Å²) in [6.07, 6.45) is 0.721. The molecule has 1 aromatic carbocycles. The molecule has 2 nitrogen and oxygen atoms in total. The maximum atomic E-state index is 13.1. The fourth-order valence-electron chi connectivity index (χ4n) is 2.82. The maximum absolute atomic E-state index is 13.1. The Hall–Kier alpha value is -1.45. The molecule has 1 aliphatic carbocycles. The lowest BCUT2D eigenvalue weighted by molar-refractivity contribution is -0.128. The van der Waals surface area contributed by atoms with Crippen molar-refractivity contribution in [3.8, 4) is 0 Å². The molecule has 84 valence electrons. The van der Waals surface area contributed by atoms with E-state index in [-0.39, 0.29) is 17.2 Å². The second-order valence-electron chi connectivity index (χ2n) is 4.77. The Morgan fingerprint density at radius 2 is 1.94 bits per heavy atom. The van der Waals surface area contributed by atoms with Gasteiger partial charge in [0.1, 0.15) is 11.6 Å². The molecule has 2 aliphatic rings. The minimum absolute atomic E-state index is 0.0706. The smallest absolute Gasteiger partial charge is 0.226 e. The third-order valence-electron chi connectivity index (χ3n) is 3.71. The molecule has 0 unspecified atom stereocenters. The van der Waals surface area contributed by atoms with Crippen molar-refractivity contribution in [1.82, 2.24) is 4.90 Å². The molecule has 1 heterocycles. The van der Waals surface area contributed by atoms with Crippen LogP contribution in [0.25, 0.3) is 0 Å². The molecular weight excluding hydrogens is 212 g/mol. The molecule has 0 spiro atoms. The summed E-state index contributed by atoms with van der Waals surface area (Å²) in [4.78, 5) is 13.3. The van der Waals surface area contributed by atoms with E-state index in [1.807, 2.05) is 0 Å². The van der Waals surface area contributed by atoms with Gasteiger partial charge in [-0.1, -0.05) is 0 Å². The van der Waals surface area contributed by atoms with Crippen molar-refractivity contribution in [2.45, 2.75) is 11.8 Å². The van der Waals surface area contributed by atoms with Gasteiger partial charge >= 0.3 is 0 Å². The van der Waals surface area contributed by atoms with Gasteiger partial charge in [0, 0.05) is 25.1 Å². The van der Waals surface area contributed by atoms with Gasteiger partial charge in [-0.15, -0.1) is 0 Å². The van der Waals surface area contributed by atoms with Crippen LogP contribution in [0.5, 0.6) is 0 Å². The largest absolute Gasteiger partial charge is 0.345 e. The summed E-state index contributed by atoms with van der Waals surface area (Å²) in [5, 5.41) is 0. The number of fused-ring (bicyclic) bond motifs is 1. The van der Waals surface area contributed by atoms with Crippen LogP contribution in [0.4, 0.5) is 8.78 Å². The highest BCUT2D eigenvalue weighted by Gasteiger charge is 2.65. The minimum Gasteiger partial charge on any atom is -0.345 e. The maximum Gasteiger partial charge on any atom is 0.226 e. The van der Waals surface area contributed by atoms with E-state index in [4.69, 9.17) is 0 Å². The quantitative estimate of drug-likeness (QED) is 0.709. The number of piperidine rings is 1. The topological polar surface area (TPSA) is 20.3 Å². The highest BCUT2D eigenvalue weighted by Crippen LogP contribution is 2.59. The number of amides is 1. The number of nitrogens with zero attached hydrogens (tertiary/aromatic N) is 1. The number of carbonyl (C=O) groups is 1. The Labute approximate surface area is 91.9 Å². The van der Waals surface area contributed by atoms with Crippen LogP contribution in [0.1, 0.15) is 12.0 Å². The lowest BCUT2D eigenvalue weighted by Gasteiger charge is -2.16. The van der Waals surface area contributed by atoms with Crippen molar-refractivity contribution in [2.75, 3.05) is 13.6 Å². The number of carbonyl (C=O) groups excluding carboxylic acids is 1. The number of hydrogen-bond acceptors (Lipinski definition) is 1. The van der Waals surface area contributed by atoms with Crippen molar-refractivity contribution in [3.05, 3.63) is 35.4 Å². The Bertz CT molecular complexity index is 468. The van der Waals surface area contributed by atoms with Crippen LogP contribution in [0.15, 0.2) is 18.2 Å². The second kappa shape index (κ2) is 2.81. The molecule has 0 bridgehead atoms. The first-order valence-corrected chi connectivity index (χ1v) is 5.24. The first-order chi connectivity index (χ1) is 7.53. The molecule has 16 heavy (non-hydrogen) atoms. The summed E-state index contributed by atoms with van der Waals surface area (Å²) in [7, 11) is 1.73. The number of rotatable bonds is 1. The summed E-state index contributed by atoms with van der Waals surface area (Å²) in [5.74, 6) is -1.13. The van der Waals surface area contributed by atoms with E-state index in [1.54, 1.807) is 11.9 Å². The van der Waals surface area contributed by atoms with E-state index >= 15 is 0 Å². The van der Waals surface area contributed by atoms with Crippen LogP contribution in [0.2, 0.25) is 0 Å². The first kappa shape index (κ1) is 9.75. The lowest BCUT2D eigenvalue weighted by atomic mass is 9.95. The summed E-state index contributed by atoms with van der Waals surface area (Å²) < 4.78 is 26.3. The zero-order valence-electron chi connectivity index (χ0n) is 8.84.